The third-order valence-corrected chi connectivity index (χ3v) is 5.79. The summed E-state index contributed by atoms with van der Waals surface area (Å²) in [6.07, 6.45) is -3.83. The summed E-state index contributed by atoms with van der Waals surface area (Å²) in [5.41, 5.74) is -0.786. The fraction of sp³-hybridized carbons (Fsp3) is 0.333. The molecule has 0 unspecified atom stereocenters. The lowest BCUT2D eigenvalue weighted by atomic mass is 10.3. The van der Waals surface area contributed by atoms with Gasteiger partial charge in [-0.25, -0.2) is 13.1 Å². The van der Waals surface area contributed by atoms with Crippen LogP contribution in [-0.4, -0.2) is 29.9 Å². The minimum atomic E-state index is -4.72. The average molecular weight is 396 g/mol. The molecule has 0 N–H and O–H groups in total. The van der Waals surface area contributed by atoms with Gasteiger partial charge in [-0.1, -0.05) is 18.3 Å². The van der Waals surface area contributed by atoms with Gasteiger partial charge in [-0.15, -0.1) is 0 Å². The Bertz CT molecular complexity index is 993. The van der Waals surface area contributed by atoms with Crippen LogP contribution in [-0.2, 0) is 23.1 Å². The number of pyridine rings is 1. The number of aromatic nitrogens is 3. The van der Waals surface area contributed by atoms with Gasteiger partial charge < -0.3 is 5.21 Å². The zero-order chi connectivity index (χ0) is 19.0. The Balaban J connectivity index is 2.63. The Morgan fingerprint density at radius 2 is 2.12 bits per heavy atom. The zero-order valence-electron chi connectivity index (χ0n) is 12.8. The van der Waals surface area contributed by atoms with Crippen LogP contribution in [0, 0.1) is 5.21 Å². The summed E-state index contributed by atoms with van der Waals surface area (Å²) in [6.45, 7) is 1.32. The molecule has 2 aromatic heterocycles. The van der Waals surface area contributed by atoms with Crippen molar-refractivity contribution in [1.82, 2.24) is 9.78 Å². The van der Waals surface area contributed by atoms with E-state index in [0.717, 1.165) is 30.1 Å². The van der Waals surface area contributed by atoms with Gasteiger partial charge in [0.2, 0.25) is 9.81 Å². The van der Waals surface area contributed by atoms with E-state index in [4.69, 9.17) is 0 Å². The quantitative estimate of drug-likeness (QED) is 0.560. The molecule has 2 rings (SSSR count). The van der Waals surface area contributed by atoms with Crippen LogP contribution in [0.25, 0.3) is 0 Å². The molecule has 0 aromatic carbocycles. The fourth-order valence-electron chi connectivity index (χ4n) is 1.78. The van der Waals surface area contributed by atoms with Crippen molar-refractivity contribution in [3.63, 3.8) is 0 Å². The number of amides is 1. The molecule has 0 bridgehead atoms. The predicted molar refractivity (Wildman–Crippen MR) is 79.1 cm³/mol. The lowest BCUT2D eigenvalue weighted by molar-refractivity contribution is -0.609. The number of rotatable bonds is 3. The van der Waals surface area contributed by atoms with Crippen LogP contribution in [0.4, 0.5) is 13.2 Å². The minimum Gasteiger partial charge on any atom is -0.618 e. The monoisotopic (exact) mass is 396 g/mol. The van der Waals surface area contributed by atoms with Crippen molar-refractivity contribution >= 4 is 27.1 Å². The van der Waals surface area contributed by atoms with Crippen molar-refractivity contribution in [2.45, 2.75) is 18.0 Å². The summed E-state index contributed by atoms with van der Waals surface area (Å²) in [6, 6.07) is 2.20. The predicted octanol–water partition coefficient (Wildman–Crippen LogP) is 0.669. The number of alkyl halides is 3. The van der Waals surface area contributed by atoms with E-state index in [0.29, 0.717) is 0 Å². The molecule has 8 nitrogen and oxygen atoms in total. The number of carbonyl (C=O) groups excluding carboxylic acids is 1. The van der Waals surface area contributed by atoms with E-state index in [9.17, 15) is 31.6 Å². The molecule has 0 radical (unpaired) electrons. The first kappa shape index (κ1) is 19.1. The van der Waals surface area contributed by atoms with E-state index in [-0.39, 0.29) is 21.8 Å². The van der Waals surface area contributed by atoms with Crippen LogP contribution < -0.4 is 9.53 Å². The molecule has 0 saturated carbocycles. The van der Waals surface area contributed by atoms with Crippen molar-refractivity contribution in [2.24, 2.45) is 12.0 Å². The van der Waals surface area contributed by atoms with Gasteiger partial charge in [-0.2, -0.15) is 28.0 Å². The molecule has 0 aliphatic carbocycles. The highest BCUT2D eigenvalue weighted by atomic mass is 32.2. The summed E-state index contributed by atoms with van der Waals surface area (Å²) in [4.78, 5) is 14.7. The number of hydrogen-bond acceptors (Lipinski definition) is 6. The molecule has 136 valence electrons. The largest absolute Gasteiger partial charge is 0.618 e. The van der Waals surface area contributed by atoms with Crippen LogP contribution >= 0.6 is 11.3 Å². The summed E-state index contributed by atoms with van der Waals surface area (Å²) >= 11 is 0.0930. The highest BCUT2D eigenvalue weighted by Crippen LogP contribution is 2.28. The second kappa shape index (κ2) is 6.55. The molecule has 2 heterocycles. The van der Waals surface area contributed by atoms with Crippen LogP contribution in [0.15, 0.2) is 28.2 Å². The van der Waals surface area contributed by atoms with E-state index < -0.39 is 42.3 Å². The van der Waals surface area contributed by atoms with Crippen LogP contribution in [0.3, 0.4) is 0 Å². The molecule has 0 fully saturated rings. The third-order valence-electron chi connectivity index (χ3n) is 2.99. The molecule has 25 heavy (non-hydrogen) atoms. The Morgan fingerprint density at radius 3 is 2.64 bits per heavy atom. The van der Waals surface area contributed by atoms with E-state index >= 15 is 0 Å². The smallest absolute Gasteiger partial charge is 0.445 e. The zero-order valence-corrected chi connectivity index (χ0v) is 14.4. The van der Waals surface area contributed by atoms with Gasteiger partial charge >= 0.3 is 17.8 Å². The van der Waals surface area contributed by atoms with Gasteiger partial charge in [-0.3, -0.25) is 4.79 Å². The summed E-state index contributed by atoms with van der Waals surface area (Å²) in [5.74, 6) is -1.65. The highest BCUT2D eigenvalue weighted by Gasteiger charge is 2.36. The number of halogens is 3. The highest BCUT2D eigenvalue weighted by molar-refractivity contribution is 7.91. The van der Waals surface area contributed by atoms with Crippen molar-refractivity contribution in [2.75, 3.05) is 5.75 Å². The van der Waals surface area contributed by atoms with Gasteiger partial charge in [-0.05, 0) is 6.07 Å². The molecule has 13 heteroatoms. The van der Waals surface area contributed by atoms with Gasteiger partial charge in [0.15, 0.2) is 16.0 Å². The normalized spacial score (nSPS) is 13.2. The first-order chi connectivity index (χ1) is 11.5. The number of aryl methyl sites for hydroxylation is 1. The Hall–Kier alpha value is -2.28. The molecular formula is C12H11F3N4O4S2. The van der Waals surface area contributed by atoms with Crippen LogP contribution in [0.1, 0.15) is 22.4 Å². The summed E-state index contributed by atoms with van der Waals surface area (Å²) < 4.78 is 62.7. The lowest BCUT2D eigenvalue weighted by Crippen LogP contribution is -2.36. The summed E-state index contributed by atoms with van der Waals surface area (Å²) in [7, 11) is -2.78. The minimum absolute atomic E-state index is 0.0140. The number of carbonyl (C=O) groups is 1. The van der Waals surface area contributed by atoms with Gasteiger partial charge in [0.05, 0.1) is 5.75 Å². The van der Waals surface area contributed by atoms with Crippen LogP contribution in [0.2, 0.25) is 0 Å². The average Bonchev–Trinajstić information content (AvgIpc) is 2.88. The molecule has 0 aliphatic rings. The van der Waals surface area contributed by atoms with Gasteiger partial charge in [0.1, 0.15) is 4.90 Å². The maximum atomic E-state index is 12.6. The Morgan fingerprint density at radius 1 is 1.48 bits per heavy atom. The number of nitrogens with zero attached hydrogens (tertiary/aromatic N) is 4. The van der Waals surface area contributed by atoms with Crippen molar-refractivity contribution < 1.29 is 31.1 Å². The number of hydrogen-bond donors (Lipinski definition) is 0. The molecule has 0 aliphatic heterocycles. The van der Waals surface area contributed by atoms with Gasteiger partial charge in [0, 0.05) is 13.1 Å². The topological polar surface area (TPSA) is 108 Å². The Labute approximate surface area is 143 Å². The van der Waals surface area contributed by atoms with Crippen molar-refractivity contribution in [1.29, 1.82) is 0 Å². The first-order valence-electron chi connectivity index (χ1n) is 6.62. The molecule has 0 atom stereocenters. The fourth-order valence-corrected chi connectivity index (χ4v) is 3.60. The second-order valence-corrected chi connectivity index (χ2v) is 7.88. The molecule has 0 saturated heterocycles. The SMILES string of the molecule is CCS(=O)(=O)c1ccc[n+]([O-])c1C(=O)/N=c1\sc(C(F)(F)F)nn1C. The van der Waals surface area contributed by atoms with Gasteiger partial charge in [0.25, 0.3) is 0 Å². The number of sulfone groups is 1. The first-order valence-corrected chi connectivity index (χ1v) is 9.09. The van der Waals surface area contributed by atoms with E-state index in [1.165, 1.54) is 6.92 Å². The molecule has 2 aromatic rings. The standard InChI is InChI=1S/C12H11F3N4O4S2/c1-3-25(22,23)7-5-4-6-19(21)8(7)9(20)16-11-18(2)17-10(24-11)12(13,14)15/h4-6H,3H2,1-2H3/b16-11-. The third kappa shape index (κ3) is 3.87. The maximum Gasteiger partial charge on any atom is 0.445 e. The van der Waals surface area contributed by atoms with E-state index in [2.05, 4.69) is 10.1 Å². The molecule has 1 amide bonds. The van der Waals surface area contributed by atoms with E-state index in [1.807, 2.05) is 0 Å². The Kier molecular flexibility index (Phi) is 4.99. The second-order valence-electron chi connectivity index (χ2n) is 4.68. The van der Waals surface area contributed by atoms with Crippen LogP contribution in [0.5, 0.6) is 0 Å². The van der Waals surface area contributed by atoms with Crippen molar-refractivity contribution in [3.05, 3.63) is 39.0 Å². The maximum absolute atomic E-state index is 12.6. The molecule has 0 spiro atoms. The summed E-state index contributed by atoms with van der Waals surface area (Å²) in [5, 5.41) is 13.8. The molecular weight excluding hydrogens is 385 g/mol. The van der Waals surface area contributed by atoms with E-state index in [1.54, 1.807) is 0 Å². The lowest BCUT2D eigenvalue weighted by Gasteiger charge is -2.06. The van der Waals surface area contributed by atoms with Crippen molar-refractivity contribution in [3.8, 4) is 0 Å².